The van der Waals surface area contributed by atoms with Gasteiger partial charge < -0.3 is 13.9 Å². The SMILES string of the molecule is CC(C)OC(=O)Nc1ccc(-c2c(C#N)c3ccc(SCCc4nncn4C)cc3n2C2CCC2)cc1. The van der Waals surface area contributed by atoms with Gasteiger partial charge >= 0.3 is 6.09 Å². The van der Waals surface area contributed by atoms with E-state index in [1.165, 1.54) is 11.3 Å². The van der Waals surface area contributed by atoms with Crippen LogP contribution in [0.15, 0.2) is 53.7 Å². The summed E-state index contributed by atoms with van der Waals surface area (Å²) in [6, 6.07) is 16.9. The third-order valence-corrected chi connectivity index (χ3v) is 7.67. The summed E-state index contributed by atoms with van der Waals surface area (Å²) in [6.07, 6.45) is 5.29. The number of ether oxygens (including phenoxy) is 1. The number of aromatic nitrogens is 4. The Balaban J connectivity index is 1.46. The Bertz CT molecular complexity index is 1460. The Morgan fingerprint density at radius 3 is 2.65 bits per heavy atom. The summed E-state index contributed by atoms with van der Waals surface area (Å²) in [6.45, 7) is 3.63. The predicted molar refractivity (Wildman–Crippen MR) is 146 cm³/mol. The molecular weight excluding hydrogens is 484 g/mol. The molecule has 2 aromatic carbocycles. The van der Waals surface area contributed by atoms with Crippen LogP contribution in [0.25, 0.3) is 22.2 Å². The second kappa shape index (κ2) is 10.7. The topological polar surface area (TPSA) is 97.8 Å². The molecule has 2 heterocycles. The molecule has 0 aliphatic heterocycles. The smallest absolute Gasteiger partial charge is 0.411 e. The average molecular weight is 515 g/mol. The third-order valence-electron chi connectivity index (χ3n) is 6.67. The van der Waals surface area contributed by atoms with Crippen molar-refractivity contribution in [2.45, 2.75) is 56.6 Å². The van der Waals surface area contributed by atoms with Crippen molar-refractivity contribution in [1.29, 1.82) is 5.26 Å². The van der Waals surface area contributed by atoms with Gasteiger partial charge in [-0.2, -0.15) is 5.26 Å². The molecule has 37 heavy (non-hydrogen) atoms. The Morgan fingerprint density at radius 1 is 1.24 bits per heavy atom. The average Bonchev–Trinajstić information content (AvgIpc) is 3.38. The molecule has 1 amide bonds. The minimum atomic E-state index is -0.478. The molecule has 1 N–H and O–H groups in total. The number of nitriles is 1. The van der Waals surface area contributed by atoms with E-state index in [1.807, 2.05) is 49.7 Å². The summed E-state index contributed by atoms with van der Waals surface area (Å²) in [5.41, 5.74) is 4.35. The number of nitrogens with zero attached hydrogens (tertiary/aromatic N) is 5. The quantitative estimate of drug-likeness (QED) is 0.276. The number of carbonyl (C=O) groups excluding carboxylic acids is 1. The third kappa shape index (κ3) is 5.20. The van der Waals surface area contributed by atoms with Gasteiger partial charge in [-0.05, 0) is 62.9 Å². The Hall–Kier alpha value is -3.77. The van der Waals surface area contributed by atoms with E-state index in [0.29, 0.717) is 17.3 Å². The number of thioether (sulfide) groups is 1. The van der Waals surface area contributed by atoms with Crippen molar-refractivity contribution >= 4 is 34.4 Å². The summed E-state index contributed by atoms with van der Waals surface area (Å²) < 4.78 is 9.49. The molecule has 0 spiro atoms. The van der Waals surface area contributed by atoms with Gasteiger partial charge in [-0.25, -0.2) is 4.79 Å². The minimum absolute atomic E-state index is 0.189. The van der Waals surface area contributed by atoms with Crippen molar-refractivity contribution in [2.75, 3.05) is 11.1 Å². The Morgan fingerprint density at radius 2 is 2.03 bits per heavy atom. The number of rotatable bonds is 8. The highest BCUT2D eigenvalue weighted by atomic mass is 32.2. The van der Waals surface area contributed by atoms with Crippen molar-refractivity contribution in [3.8, 4) is 17.3 Å². The van der Waals surface area contributed by atoms with E-state index in [2.05, 4.69) is 44.3 Å². The van der Waals surface area contributed by atoms with E-state index in [0.717, 1.165) is 53.0 Å². The molecule has 1 saturated carbocycles. The summed E-state index contributed by atoms with van der Waals surface area (Å²) in [5, 5.41) is 22.1. The van der Waals surface area contributed by atoms with E-state index < -0.39 is 6.09 Å². The number of fused-ring (bicyclic) bond motifs is 1. The standard InChI is InChI=1S/C28H30N6O2S/c1-18(2)36-28(35)31-20-9-7-19(8-10-20)27-24(16-29)23-12-11-22(15-25(23)34(27)21-5-4-6-21)37-14-13-26-32-30-17-33(26)3/h7-12,15,17-18,21H,4-6,13-14H2,1-3H3,(H,31,35). The molecular formula is C28H30N6O2S. The first-order valence-corrected chi connectivity index (χ1v) is 13.5. The fourth-order valence-electron chi connectivity index (χ4n) is 4.67. The fourth-order valence-corrected chi connectivity index (χ4v) is 5.55. The maximum atomic E-state index is 12.0. The molecule has 9 heteroatoms. The van der Waals surface area contributed by atoms with Gasteiger partial charge in [0.15, 0.2) is 0 Å². The molecule has 5 rings (SSSR count). The molecule has 4 aromatic rings. The molecule has 8 nitrogen and oxygen atoms in total. The number of amides is 1. The van der Waals surface area contributed by atoms with Crippen LogP contribution in [0.4, 0.5) is 10.5 Å². The van der Waals surface area contributed by atoms with Gasteiger partial charge in [0, 0.05) is 41.2 Å². The molecule has 0 bridgehead atoms. The first-order valence-electron chi connectivity index (χ1n) is 12.6. The van der Waals surface area contributed by atoms with Gasteiger partial charge in [0.25, 0.3) is 0 Å². The van der Waals surface area contributed by atoms with Crippen molar-refractivity contribution in [1.82, 2.24) is 19.3 Å². The molecule has 1 aliphatic rings. The van der Waals surface area contributed by atoms with Crippen LogP contribution in [0.2, 0.25) is 0 Å². The zero-order valence-corrected chi connectivity index (χ0v) is 22.1. The lowest BCUT2D eigenvalue weighted by Gasteiger charge is -2.30. The Labute approximate surface area is 220 Å². The van der Waals surface area contributed by atoms with E-state index in [1.54, 1.807) is 18.1 Å². The summed E-state index contributed by atoms with van der Waals surface area (Å²) in [5.74, 6) is 1.87. The molecule has 1 aliphatic carbocycles. The molecule has 190 valence electrons. The first kappa shape index (κ1) is 24.9. The van der Waals surface area contributed by atoms with Crippen LogP contribution in [0.5, 0.6) is 0 Å². The largest absolute Gasteiger partial charge is 0.447 e. The van der Waals surface area contributed by atoms with Gasteiger partial charge in [-0.1, -0.05) is 18.2 Å². The summed E-state index contributed by atoms with van der Waals surface area (Å²) in [4.78, 5) is 13.2. The van der Waals surface area contributed by atoms with E-state index in [4.69, 9.17) is 4.74 Å². The van der Waals surface area contributed by atoms with Gasteiger partial charge in [-0.15, -0.1) is 22.0 Å². The number of hydrogen-bond donors (Lipinski definition) is 1. The van der Waals surface area contributed by atoms with Crippen molar-refractivity contribution in [3.63, 3.8) is 0 Å². The number of benzene rings is 2. The van der Waals surface area contributed by atoms with Crippen molar-refractivity contribution < 1.29 is 9.53 Å². The maximum absolute atomic E-state index is 12.0. The molecule has 0 unspecified atom stereocenters. The normalized spacial score (nSPS) is 13.5. The number of carbonyl (C=O) groups is 1. The second-order valence-electron chi connectivity index (χ2n) is 9.58. The zero-order valence-electron chi connectivity index (χ0n) is 21.3. The minimum Gasteiger partial charge on any atom is -0.447 e. The lowest BCUT2D eigenvalue weighted by molar-refractivity contribution is 0.130. The molecule has 1 fully saturated rings. The fraction of sp³-hybridized carbons (Fsp3) is 0.357. The Kier molecular flexibility index (Phi) is 7.19. The van der Waals surface area contributed by atoms with Crippen molar-refractivity contribution in [3.05, 3.63) is 60.2 Å². The highest BCUT2D eigenvalue weighted by Crippen LogP contribution is 2.43. The van der Waals surface area contributed by atoms with Gasteiger partial charge in [0.1, 0.15) is 18.2 Å². The molecule has 0 atom stereocenters. The number of anilines is 1. The first-order chi connectivity index (χ1) is 17.9. The van der Waals surface area contributed by atoms with Crippen LogP contribution in [-0.2, 0) is 18.2 Å². The molecule has 2 aromatic heterocycles. The van der Waals surface area contributed by atoms with Crippen LogP contribution in [0, 0.1) is 11.3 Å². The highest BCUT2D eigenvalue weighted by Gasteiger charge is 2.28. The van der Waals surface area contributed by atoms with Crippen LogP contribution >= 0.6 is 11.8 Å². The molecule has 0 saturated heterocycles. The zero-order chi connectivity index (χ0) is 25.9. The lowest BCUT2D eigenvalue weighted by atomic mass is 9.92. The van der Waals surface area contributed by atoms with Crippen LogP contribution < -0.4 is 5.32 Å². The number of aryl methyl sites for hydroxylation is 2. The highest BCUT2D eigenvalue weighted by molar-refractivity contribution is 7.99. The van der Waals surface area contributed by atoms with E-state index >= 15 is 0 Å². The number of nitrogens with one attached hydrogen (secondary N) is 1. The van der Waals surface area contributed by atoms with Crippen molar-refractivity contribution in [2.24, 2.45) is 7.05 Å². The second-order valence-corrected chi connectivity index (χ2v) is 10.8. The van der Waals surface area contributed by atoms with Crippen LogP contribution in [0.3, 0.4) is 0 Å². The lowest BCUT2D eigenvalue weighted by Crippen LogP contribution is -2.18. The van der Waals surface area contributed by atoms with E-state index in [-0.39, 0.29) is 6.10 Å². The van der Waals surface area contributed by atoms with Gasteiger partial charge in [0.2, 0.25) is 0 Å². The van der Waals surface area contributed by atoms with Crippen LogP contribution in [-0.4, -0.2) is 37.3 Å². The molecule has 0 radical (unpaired) electrons. The summed E-state index contributed by atoms with van der Waals surface area (Å²) in [7, 11) is 1.96. The summed E-state index contributed by atoms with van der Waals surface area (Å²) >= 11 is 1.79. The van der Waals surface area contributed by atoms with Crippen LogP contribution in [0.1, 0.15) is 50.5 Å². The predicted octanol–water partition coefficient (Wildman–Crippen LogP) is 6.33. The van der Waals surface area contributed by atoms with E-state index in [9.17, 15) is 10.1 Å². The van der Waals surface area contributed by atoms with Gasteiger partial charge in [-0.3, -0.25) is 5.32 Å². The monoisotopic (exact) mass is 514 g/mol. The van der Waals surface area contributed by atoms with Gasteiger partial charge in [0.05, 0.1) is 22.9 Å². The maximum Gasteiger partial charge on any atom is 0.411 e. The number of hydrogen-bond acceptors (Lipinski definition) is 6.